The third kappa shape index (κ3) is 3.05. The molecule has 2 aromatic carbocycles. The molecule has 0 spiro atoms. The van der Waals surface area contributed by atoms with Crippen LogP contribution in [-0.4, -0.2) is 22.6 Å². The van der Waals surface area contributed by atoms with Crippen molar-refractivity contribution < 1.29 is 4.79 Å². The van der Waals surface area contributed by atoms with Gasteiger partial charge in [-0.3, -0.25) is 4.79 Å². The average Bonchev–Trinajstić information content (AvgIpc) is 2.83. The van der Waals surface area contributed by atoms with Crippen molar-refractivity contribution in [2.45, 2.75) is 23.1 Å². The van der Waals surface area contributed by atoms with E-state index >= 15 is 0 Å². The van der Waals surface area contributed by atoms with E-state index in [1.807, 2.05) is 41.3 Å². The van der Waals surface area contributed by atoms with E-state index < -0.39 is 0 Å². The number of amides is 1. The molecule has 0 aliphatic carbocycles. The van der Waals surface area contributed by atoms with E-state index in [-0.39, 0.29) is 11.2 Å². The van der Waals surface area contributed by atoms with Crippen LogP contribution in [-0.2, 0) is 11.3 Å². The maximum atomic E-state index is 12.4. The van der Waals surface area contributed by atoms with Crippen LogP contribution in [0.5, 0.6) is 0 Å². The summed E-state index contributed by atoms with van der Waals surface area (Å²) >= 11 is 1.68. The summed E-state index contributed by atoms with van der Waals surface area (Å²) in [6.07, 6.45) is 0.936. The molecular weight excluding hydrogens is 266 g/mol. The molecule has 0 bridgehead atoms. The second kappa shape index (κ2) is 6.14. The first kappa shape index (κ1) is 13.3. The van der Waals surface area contributed by atoms with Gasteiger partial charge in [-0.05, 0) is 24.1 Å². The van der Waals surface area contributed by atoms with Gasteiger partial charge in [0.1, 0.15) is 0 Å². The Balaban J connectivity index is 1.62. The lowest BCUT2D eigenvalue weighted by atomic mass is 10.2. The number of nitrogens with zero attached hydrogens (tertiary/aromatic N) is 1. The monoisotopic (exact) mass is 283 g/mol. The molecule has 0 aromatic heterocycles. The predicted molar refractivity (Wildman–Crippen MR) is 82.6 cm³/mol. The minimum atomic E-state index is 0.0705. The van der Waals surface area contributed by atoms with Crippen molar-refractivity contribution in [2.75, 3.05) is 6.54 Å². The Hall–Kier alpha value is -1.74. The van der Waals surface area contributed by atoms with Crippen LogP contribution in [0.2, 0.25) is 0 Å². The van der Waals surface area contributed by atoms with Gasteiger partial charge >= 0.3 is 0 Å². The number of hydrogen-bond donors (Lipinski definition) is 0. The Morgan fingerprint density at radius 2 is 1.65 bits per heavy atom. The van der Waals surface area contributed by atoms with Crippen LogP contribution in [0.15, 0.2) is 65.6 Å². The van der Waals surface area contributed by atoms with Crippen LogP contribution in [0.4, 0.5) is 0 Å². The normalized spacial score (nSPS) is 18.5. The van der Waals surface area contributed by atoms with Gasteiger partial charge in [0.2, 0.25) is 5.91 Å². The molecule has 1 unspecified atom stereocenters. The maximum absolute atomic E-state index is 12.4. The van der Waals surface area contributed by atoms with E-state index in [0.717, 1.165) is 19.5 Å². The van der Waals surface area contributed by atoms with E-state index in [1.165, 1.54) is 10.5 Å². The summed E-state index contributed by atoms with van der Waals surface area (Å²) in [5, 5.41) is 0.0705. The summed E-state index contributed by atoms with van der Waals surface area (Å²) < 4.78 is 0. The first-order valence-corrected chi connectivity index (χ1v) is 7.75. The first-order chi connectivity index (χ1) is 9.83. The first-order valence-electron chi connectivity index (χ1n) is 6.87. The molecule has 1 atom stereocenters. The van der Waals surface area contributed by atoms with Crippen LogP contribution in [0, 0.1) is 0 Å². The van der Waals surface area contributed by atoms with Crippen molar-refractivity contribution in [3.63, 3.8) is 0 Å². The SMILES string of the molecule is O=C1C(Sc2ccccc2)CCN1Cc1ccccc1. The molecule has 0 N–H and O–H groups in total. The predicted octanol–water partition coefficient (Wildman–Crippen LogP) is 3.58. The topological polar surface area (TPSA) is 20.3 Å². The van der Waals surface area contributed by atoms with Crippen molar-refractivity contribution in [3.8, 4) is 0 Å². The molecule has 3 heteroatoms. The second-order valence-corrected chi connectivity index (χ2v) is 6.23. The van der Waals surface area contributed by atoms with Crippen LogP contribution in [0.1, 0.15) is 12.0 Å². The van der Waals surface area contributed by atoms with Gasteiger partial charge in [-0.2, -0.15) is 0 Å². The molecule has 0 saturated carbocycles. The summed E-state index contributed by atoms with van der Waals surface area (Å²) in [6.45, 7) is 1.59. The molecule has 3 rings (SSSR count). The minimum Gasteiger partial charge on any atom is -0.337 e. The van der Waals surface area contributed by atoms with E-state index in [0.29, 0.717) is 0 Å². The van der Waals surface area contributed by atoms with E-state index in [1.54, 1.807) is 11.8 Å². The van der Waals surface area contributed by atoms with Crippen LogP contribution < -0.4 is 0 Å². The molecule has 2 aromatic rings. The lowest BCUT2D eigenvalue weighted by Gasteiger charge is -2.16. The summed E-state index contributed by atoms with van der Waals surface area (Å²) in [7, 11) is 0. The van der Waals surface area contributed by atoms with Crippen molar-refractivity contribution in [2.24, 2.45) is 0 Å². The number of carbonyl (C=O) groups excluding carboxylic acids is 1. The fourth-order valence-electron chi connectivity index (χ4n) is 2.44. The summed E-state index contributed by atoms with van der Waals surface area (Å²) in [4.78, 5) is 15.6. The fraction of sp³-hybridized carbons (Fsp3) is 0.235. The Kier molecular flexibility index (Phi) is 4.07. The number of carbonyl (C=O) groups is 1. The zero-order valence-corrected chi connectivity index (χ0v) is 12.1. The zero-order valence-electron chi connectivity index (χ0n) is 11.2. The van der Waals surface area contributed by atoms with E-state index in [4.69, 9.17) is 0 Å². The van der Waals surface area contributed by atoms with Crippen molar-refractivity contribution in [3.05, 3.63) is 66.2 Å². The standard InChI is InChI=1S/C17H17NOS/c19-17-16(20-15-9-5-2-6-10-15)11-12-18(17)13-14-7-3-1-4-8-14/h1-10,16H,11-13H2. The number of rotatable bonds is 4. The molecule has 2 nitrogen and oxygen atoms in total. The largest absolute Gasteiger partial charge is 0.337 e. The molecule has 1 amide bonds. The minimum absolute atomic E-state index is 0.0705. The maximum Gasteiger partial charge on any atom is 0.236 e. The lowest BCUT2D eigenvalue weighted by Crippen LogP contribution is -2.27. The van der Waals surface area contributed by atoms with Gasteiger partial charge in [0.05, 0.1) is 5.25 Å². The Morgan fingerprint density at radius 3 is 2.35 bits per heavy atom. The van der Waals surface area contributed by atoms with Gasteiger partial charge in [0.25, 0.3) is 0 Å². The van der Waals surface area contributed by atoms with Crippen molar-refractivity contribution in [1.29, 1.82) is 0 Å². The molecule has 20 heavy (non-hydrogen) atoms. The Bertz CT molecular complexity index is 519. The Labute approximate surface area is 123 Å². The van der Waals surface area contributed by atoms with Gasteiger partial charge in [-0.25, -0.2) is 0 Å². The highest BCUT2D eigenvalue weighted by molar-refractivity contribution is 8.00. The number of benzene rings is 2. The summed E-state index contributed by atoms with van der Waals surface area (Å²) in [5.41, 5.74) is 1.20. The van der Waals surface area contributed by atoms with Crippen molar-refractivity contribution >= 4 is 17.7 Å². The molecule has 102 valence electrons. The molecular formula is C17H17NOS. The van der Waals surface area contributed by atoms with Crippen LogP contribution >= 0.6 is 11.8 Å². The highest BCUT2D eigenvalue weighted by Gasteiger charge is 2.32. The third-order valence-corrected chi connectivity index (χ3v) is 4.75. The van der Waals surface area contributed by atoms with Gasteiger partial charge in [-0.15, -0.1) is 11.8 Å². The summed E-state index contributed by atoms with van der Waals surface area (Å²) in [6, 6.07) is 20.4. The van der Waals surface area contributed by atoms with Gasteiger partial charge in [0.15, 0.2) is 0 Å². The molecule has 1 fully saturated rings. The third-order valence-electron chi connectivity index (χ3n) is 3.49. The van der Waals surface area contributed by atoms with Crippen LogP contribution in [0.25, 0.3) is 0 Å². The number of thioether (sulfide) groups is 1. The summed E-state index contributed by atoms with van der Waals surface area (Å²) in [5.74, 6) is 0.266. The lowest BCUT2D eigenvalue weighted by molar-refractivity contribution is -0.127. The zero-order chi connectivity index (χ0) is 13.8. The average molecular weight is 283 g/mol. The molecule has 1 heterocycles. The number of likely N-dealkylation sites (tertiary alicyclic amines) is 1. The smallest absolute Gasteiger partial charge is 0.236 e. The fourth-order valence-corrected chi connectivity index (χ4v) is 3.56. The van der Waals surface area contributed by atoms with Crippen LogP contribution in [0.3, 0.4) is 0 Å². The molecule has 1 aliphatic rings. The second-order valence-electron chi connectivity index (χ2n) is 4.95. The Morgan fingerprint density at radius 1 is 1.00 bits per heavy atom. The molecule has 1 aliphatic heterocycles. The highest BCUT2D eigenvalue weighted by atomic mass is 32.2. The number of hydrogen-bond acceptors (Lipinski definition) is 2. The molecule has 0 radical (unpaired) electrons. The van der Waals surface area contributed by atoms with Gasteiger partial charge < -0.3 is 4.90 Å². The van der Waals surface area contributed by atoms with E-state index in [9.17, 15) is 4.79 Å². The van der Waals surface area contributed by atoms with Gasteiger partial charge in [-0.1, -0.05) is 48.5 Å². The van der Waals surface area contributed by atoms with Gasteiger partial charge in [0, 0.05) is 18.0 Å². The van der Waals surface area contributed by atoms with Crippen molar-refractivity contribution in [1.82, 2.24) is 4.90 Å². The quantitative estimate of drug-likeness (QED) is 0.855. The molecule has 1 saturated heterocycles. The highest BCUT2D eigenvalue weighted by Crippen LogP contribution is 2.31. The van der Waals surface area contributed by atoms with E-state index in [2.05, 4.69) is 24.3 Å².